The lowest BCUT2D eigenvalue weighted by atomic mass is 10.1. The van der Waals surface area contributed by atoms with Crippen molar-refractivity contribution in [2.24, 2.45) is 7.05 Å². The average Bonchev–Trinajstić information content (AvgIpc) is 3.16. The molecule has 1 amide bonds. The highest BCUT2D eigenvalue weighted by Gasteiger charge is 2.15. The first-order valence-electron chi connectivity index (χ1n) is 7.94. The van der Waals surface area contributed by atoms with Crippen LogP contribution in [-0.2, 0) is 23.0 Å². The maximum atomic E-state index is 12.5. The van der Waals surface area contributed by atoms with E-state index in [4.69, 9.17) is 9.47 Å². The van der Waals surface area contributed by atoms with Gasteiger partial charge in [0, 0.05) is 18.0 Å². The van der Waals surface area contributed by atoms with Crippen molar-refractivity contribution < 1.29 is 19.1 Å². The minimum absolute atomic E-state index is 0.0832. The van der Waals surface area contributed by atoms with E-state index < -0.39 is 0 Å². The summed E-state index contributed by atoms with van der Waals surface area (Å²) in [5, 5.41) is 10.0. The standard InChI is InChI=1S/C17H18N4O4S/c1-4-25-14(22)8-11-9-26-17(18-11)19-15(23)10-5-6-12-13(7-10)20-21(2)16(12)24-3/h5-7,9H,4,8H2,1-3H3,(H,18,19,23). The molecular formula is C17H18N4O4S. The fraction of sp³-hybridized carbons (Fsp3) is 0.294. The van der Waals surface area contributed by atoms with Crippen LogP contribution in [0.3, 0.4) is 0 Å². The molecule has 136 valence electrons. The van der Waals surface area contributed by atoms with Gasteiger partial charge in [0.15, 0.2) is 5.13 Å². The summed E-state index contributed by atoms with van der Waals surface area (Å²) < 4.78 is 11.8. The summed E-state index contributed by atoms with van der Waals surface area (Å²) in [7, 11) is 3.35. The lowest BCUT2D eigenvalue weighted by Gasteiger charge is -2.02. The predicted octanol–water partition coefficient (Wildman–Crippen LogP) is 2.40. The molecule has 0 radical (unpaired) electrons. The number of nitrogens with one attached hydrogen (secondary N) is 1. The van der Waals surface area contributed by atoms with E-state index in [0.717, 1.165) is 5.39 Å². The Labute approximate surface area is 153 Å². The van der Waals surface area contributed by atoms with Crippen molar-refractivity contribution in [1.29, 1.82) is 0 Å². The number of ether oxygens (including phenoxy) is 2. The third kappa shape index (κ3) is 3.67. The number of aromatic nitrogens is 3. The molecule has 0 aliphatic heterocycles. The SMILES string of the molecule is CCOC(=O)Cc1csc(NC(=O)c2ccc3c(OC)n(C)nc3c2)n1. The molecule has 2 aromatic heterocycles. The molecule has 8 nitrogen and oxygen atoms in total. The molecule has 0 atom stereocenters. The van der Waals surface area contributed by atoms with Gasteiger partial charge >= 0.3 is 5.97 Å². The van der Waals surface area contributed by atoms with Gasteiger partial charge < -0.3 is 9.47 Å². The molecule has 0 aliphatic carbocycles. The van der Waals surface area contributed by atoms with E-state index >= 15 is 0 Å². The number of aryl methyl sites for hydroxylation is 1. The second-order valence-corrected chi connectivity index (χ2v) is 6.30. The number of anilines is 1. The van der Waals surface area contributed by atoms with Crippen LogP contribution in [-0.4, -0.2) is 40.4 Å². The first-order valence-corrected chi connectivity index (χ1v) is 8.82. The molecule has 0 spiro atoms. The normalized spacial score (nSPS) is 10.7. The fourth-order valence-electron chi connectivity index (χ4n) is 2.53. The van der Waals surface area contributed by atoms with Gasteiger partial charge in [-0.15, -0.1) is 11.3 Å². The number of benzene rings is 1. The van der Waals surface area contributed by atoms with E-state index in [2.05, 4.69) is 15.4 Å². The average molecular weight is 374 g/mol. The molecule has 3 rings (SSSR count). The summed E-state index contributed by atoms with van der Waals surface area (Å²) in [5.41, 5.74) is 1.69. The third-order valence-corrected chi connectivity index (χ3v) is 4.44. The summed E-state index contributed by atoms with van der Waals surface area (Å²) in [6.45, 7) is 2.08. The molecule has 0 aliphatic rings. The summed E-state index contributed by atoms with van der Waals surface area (Å²) in [4.78, 5) is 28.2. The zero-order valence-corrected chi connectivity index (χ0v) is 15.4. The van der Waals surface area contributed by atoms with E-state index in [1.807, 2.05) is 0 Å². The fourth-order valence-corrected chi connectivity index (χ4v) is 3.24. The molecule has 9 heteroatoms. The quantitative estimate of drug-likeness (QED) is 0.666. The number of rotatable bonds is 6. The Hall–Kier alpha value is -2.94. The summed E-state index contributed by atoms with van der Waals surface area (Å²) in [5.74, 6) is -0.00530. The number of esters is 1. The number of nitrogens with zero attached hydrogens (tertiary/aromatic N) is 3. The molecule has 1 aromatic carbocycles. The van der Waals surface area contributed by atoms with Crippen LogP contribution >= 0.6 is 11.3 Å². The molecule has 3 aromatic rings. The van der Waals surface area contributed by atoms with Gasteiger partial charge in [0.05, 0.1) is 36.7 Å². The Balaban J connectivity index is 1.73. The number of thiazole rings is 1. The van der Waals surface area contributed by atoms with Crippen LogP contribution in [0, 0.1) is 0 Å². The minimum Gasteiger partial charge on any atom is -0.481 e. The Morgan fingerprint density at radius 2 is 2.15 bits per heavy atom. The maximum Gasteiger partial charge on any atom is 0.311 e. The molecule has 0 fully saturated rings. The minimum atomic E-state index is -0.342. The number of carbonyl (C=O) groups is 2. The van der Waals surface area contributed by atoms with Gasteiger partial charge in [-0.2, -0.15) is 5.10 Å². The van der Waals surface area contributed by atoms with Crippen molar-refractivity contribution in [1.82, 2.24) is 14.8 Å². The number of carbonyl (C=O) groups excluding carboxylic acids is 2. The predicted molar refractivity (Wildman–Crippen MR) is 97.7 cm³/mol. The van der Waals surface area contributed by atoms with Gasteiger partial charge in [0.1, 0.15) is 0 Å². The lowest BCUT2D eigenvalue weighted by molar-refractivity contribution is -0.142. The van der Waals surface area contributed by atoms with Crippen LogP contribution in [0.5, 0.6) is 5.88 Å². The topological polar surface area (TPSA) is 95.3 Å². The van der Waals surface area contributed by atoms with Gasteiger partial charge in [0.25, 0.3) is 5.91 Å². The molecule has 0 unspecified atom stereocenters. The molecule has 0 saturated carbocycles. The number of hydrogen-bond donors (Lipinski definition) is 1. The van der Waals surface area contributed by atoms with Gasteiger partial charge in [0.2, 0.25) is 5.88 Å². The molecule has 0 bridgehead atoms. The largest absolute Gasteiger partial charge is 0.481 e. The molecule has 1 N–H and O–H groups in total. The van der Waals surface area contributed by atoms with Crippen molar-refractivity contribution in [3.8, 4) is 5.88 Å². The third-order valence-electron chi connectivity index (χ3n) is 3.64. The van der Waals surface area contributed by atoms with Gasteiger partial charge in [-0.05, 0) is 25.1 Å². The van der Waals surface area contributed by atoms with Crippen LogP contribution in [0.15, 0.2) is 23.6 Å². The monoisotopic (exact) mass is 374 g/mol. The Morgan fingerprint density at radius 3 is 2.88 bits per heavy atom. The summed E-state index contributed by atoms with van der Waals surface area (Å²) >= 11 is 1.26. The van der Waals surface area contributed by atoms with Gasteiger partial charge in [-0.3, -0.25) is 14.9 Å². The van der Waals surface area contributed by atoms with Crippen LogP contribution < -0.4 is 10.1 Å². The second-order valence-electron chi connectivity index (χ2n) is 5.44. The van der Waals surface area contributed by atoms with E-state index in [1.165, 1.54) is 11.3 Å². The summed E-state index contributed by atoms with van der Waals surface area (Å²) in [6, 6.07) is 5.19. The molecule has 2 heterocycles. The Bertz CT molecular complexity index is 963. The van der Waals surface area contributed by atoms with Crippen molar-refractivity contribution in [2.75, 3.05) is 19.0 Å². The van der Waals surface area contributed by atoms with Crippen LogP contribution in [0.25, 0.3) is 10.9 Å². The van der Waals surface area contributed by atoms with Crippen LogP contribution in [0.1, 0.15) is 23.0 Å². The molecule has 26 heavy (non-hydrogen) atoms. The van der Waals surface area contributed by atoms with Gasteiger partial charge in [-0.1, -0.05) is 0 Å². The van der Waals surface area contributed by atoms with Crippen LogP contribution in [0.4, 0.5) is 5.13 Å². The highest BCUT2D eigenvalue weighted by molar-refractivity contribution is 7.14. The van der Waals surface area contributed by atoms with E-state index in [0.29, 0.717) is 34.4 Å². The second kappa shape index (κ2) is 7.52. The van der Waals surface area contributed by atoms with Crippen LogP contribution in [0.2, 0.25) is 0 Å². The van der Waals surface area contributed by atoms with E-state index in [1.54, 1.807) is 49.3 Å². The van der Waals surface area contributed by atoms with Gasteiger partial charge in [-0.25, -0.2) is 9.67 Å². The number of fused-ring (bicyclic) bond motifs is 1. The Kier molecular flexibility index (Phi) is 5.17. The zero-order chi connectivity index (χ0) is 18.7. The van der Waals surface area contributed by atoms with Crippen molar-refractivity contribution >= 4 is 39.2 Å². The first-order chi connectivity index (χ1) is 12.5. The smallest absolute Gasteiger partial charge is 0.311 e. The molecular weight excluding hydrogens is 356 g/mol. The number of methoxy groups -OCH3 is 1. The number of hydrogen-bond acceptors (Lipinski definition) is 7. The molecule has 0 saturated heterocycles. The zero-order valence-electron chi connectivity index (χ0n) is 14.6. The van der Waals surface area contributed by atoms with E-state index in [-0.39, 0.29) is 18.3 Å². The Morgan fingerprint density at radius 1 is 1.35 bits per heavy atom. The lowest BCUT2D eigenvalue weighted by Crippen LogP contribution is -2.12. The highest BCUT2D eigenvalue weighted by atomic mass is 32.1. The highest BCUT2D eigenvalue weighted by Crippen LogP contribution is 2.26. The maximum absolute atomic E-state index is 12.5. The summed E-state index contributed by atoms with van der Waals surface area (Å²) in [6.07, 6.45) is 0.0832. The van der Waals surface area contributed by atoms with Crippen molar-refractivity contribution in [2.45, 2.75) is 13.3 Å². The number of amides is 1. The van der Waals surface area contributed by atoms with E-state index in [9.17, 15) is 9.59 Å². The van der Waals surface area contributed by atoms with Crippen molar-refractivity contribution in [3.63, 3.8) is 0 Å². The van der Waals surface area contributed by atoms with Crippen molar-refractivity contribution in [3.05, 3.63) is 34.8 Å². The first kappa shape index (κ1) is 17.9.